The van der Waals surface area contributed by atoms with E-state index in [2.05, 4.69) is 31.9 Å². The molecule has 1 N–H and O–H groups in total. The first kappa shape index (κ1) is 21.5. The number of thioether (sulfide) groups is 1. The molecular formula is C19H17Br2NO4S. The lowest BCUT2D eigenvalue weighted by Gasteiger charge is -2.12. The van der Waals surface area contributed by atoms with Crippen LogP contribution in [-0.2, 0) is 4.79 Å². The molecule has 0 radical (unpaired) electrons. The first-order valence-electron chi connectivity index (χ1n) is 7.70. The van der Waals surface area contributed by atoms with Crippen molar-refractivity contribution in [2.45, 2.75) is 4.90 Å². The second-order valence-corrected chi connectivity index (χ2v) is 8.34. The molecule has 0 fully saturated rings. The number of hydrogen-bond acceptors (Lipinski definition) is 4. The number of carboxylic acid groups (broad SMARTS) is 1. The molecule has 0 aliphatic carbocycles. The summed E-state index contributed by atoms with van der Waals surface area (Å²) in [5.41, 5.74) is 1.35. The molecule has 27 heavy (non-hydrogen) atoms. The van der Waals surface area contributed by atoms with Gasteiger partial charge in [-0.2, -0.15) is 0 Å². The maximum Gasteiger partial charge on any atom is 0.336 e. The summed E-state index contributed by atoms with van der Waals surface area (Å²) in [6.07, 6.45) is 1.58. The second kappa shape index (κ2) is 9.43. The molecule has 8 heteroatoms. The monoisotopic (exact) mass is 513 g/mol. The van der Waals surface area contributed by atoms with Crippen LogP contribution >= 0.6 is 43.6 Å². The molecule has 5 nitrogen and oxygen atoms in total. The number of aliphatic carboxylic acids is 1. The normalized spacial score (nSPS) is 11.2. The third-order valence-corrected chi connectivity index (χ3v) is 6.46. The highest BCUT2D eigenvalue weighted by atomic mass is 79.9. The molecule has 2 aromatic rings. The Hall–Kier alpha value is -1.77. The van der Waals surface area contributed by atoms with Gasteiger partial charge in [-0.1, -0.05) is 12.1 Å². The zero-order valence-corrected chi connectivity index (χ0v) is 18.8. The van der Waals surface area contributed by atoms with E-state index in [1.165, 1.54) is 12.0 Å². The lowest BCUT2D eigenvalue weighted by Crippen LogP contribution is -2.16. The number of amides is 1. The zero-order chi connectivity index (χ0) is 20.1. The van der Waals surface area contributed by atoms with Crippen molar-refractivity contribution in [3.8, 4) is 5.75 Å². The third kappa shape index (κ3) is 5.60. The number of halogens is 2. The van der Waals surface area contributed by atoms with Gasteiger partial charge in [0.25, 0.3) is 5.24 Å². The van der Waals surface area contributed by atoms with Crippen molar-refractivity contribution >= 4 is 66.5 Å². The number of methoxy groups -OCH3 is 1. The summed E-state index contributed by atoms with van der Waals surface area (Å²) in [4.78, 5) is 25.9. The Balaban J connectivity index is 2.46. The third-order valence-electron chi connectivity index (χ3n) is 3.50. The van der Waals surface area contributed by atoms with Crippen molar-refractivity contribution in [1.29, 1.82) is 0 Å². The smallest absolute Gasteiger partial charge is 0.336 e. The fourth-order valence-electron chi connectivity index (χ4n) is 2.16. The van der Waals surface area contributed by atoms with Crippen LogP contribution in [0.25, 0.3) is 11.6 Å². The van der Waals surface area contributed by atoms with Crippen molar-refractivity contribution in [2.75, 3.05) is 21.2 Å². The summed E-state index contributed by atoms with van der Waals surface area (Å²) in [6.45, 7) is 0. The van der Waals surface area contributed by atoms with Crippen LogP contribution in [0.1, 0.15) is 11.1 Å². The molecule has 0 aliphatic rings. The van der Waals surface area contributed by atoms with Gasteiger partial charge in [-0.25, -0.2) is 4.79 Å². The predicted octanol–water partition coefficient (Wildman–Crippen LogP) is 5.62. The van der Waals surface area contributed by atoms with Gasteiger partial charge in [-0.15, -0.1) is 0 Å². The van der Waals surface area contributed by atoms with Crippen LogP contribution in [0, 0.1) is 0 Å². The zero-order valence-electron chi connectivity index (χ0n) is 14.8. The van der Waals surface area contributed by atoms with Crippen molar-refractivity contribution in [3.05, 3.63) is 56.5 Å². The average Bonchev–Trinajstić information content (AvgIpc) is 2.62. The summed E-state index contributed by atoms with van der Waals surface area (Å²) in [7, 11) is 4.89. The highest BCUT2D eigenvalue weighted by Crippen LogP contribution is 2.37. The first-order valence-corrected chi connectivity index (χ1v) is 10.1. The molecule has 0 saturated heterocycles. The summed E-state index contributed by atoms with van der Waals surface area (Å²) < 4.78 is 6.56. The molecule has 0 aromatic heterocycles. The summed E-state index contributed by atoms with van der Waals surface area (Å²) in [5.74, 6) is -0.465. The SMILES string of the molecule is COc1cccc(/C(=C\c2cc(Br)c(SC(=O)N(C)C)c(Br)c2)C(=O)O)c1. The molecule has 0 unspecified atom stereocenters. The van der Waals surface area contributed by atoms with Crippen molar-refractivity contribution in [2.24, 2.45) is 0 Å². The van der Waals surface area contributed by atoms with Gasteiger partial charge in [-0.3, -0.25) is 4.79 Å². The van der Waals surface area contributed by atoms with Gasteiger partial charge >= 0.3 is 5.97 Å². The second-order valence-electron chi connectivity index (χ2n) is 5.67. The van der Waals surface area contributed by atoms with Crippen LogP contribution < -0.4 is 4.74 Å². The minimum absolute atomic E-state index is 0.109. The fourth-order valence-corrected chi connectivity index (χ4v) is 4.54. The van der Waals surface area contributed by atoms with E-state index < -0.39 is 5.97 Å². The lowest BCUT2D eigenvalue weighted by molar-refractivity contribution is -0.130. The van der Waals surface area contributed by atoms with Gasteiger partial charge in [0.1, 0.15) is 5.75 Å². The molecule has 0 heterocycles. The van der Waals surface area contributed by atoms with Crippen molar-refractivity contribution < 1.29 is 19.4 Å². The van der Waals surface area contributed by atoms with E-state index in [0.717, 1.165) is 16.7 Å². The Morgan fingerprint density at radius 1 is 1.15 bits per heavy atom. The van der Waals surface area contributed by atoms with Gasteiger partial charge in [0.05, 0.1) is 12.7 Å². The van der Waals surface area contributed by atoms with Crippen LogP contribution in [-0.4, -0.2) is 42.4 Å². The van der Waals surface area contributed by atoms with E-state index in [4.69, 9.17) is 4.74 Å². The fraction of sp³-hybridized carbons (Fsp3) is 0.158. The van der Waals surface area contributed by atoms with Crippen LogP contribution in [0.15, 0.2) is 50.2 Å². The first-order chi connectivity index (χ1) is 12.7. The van der Waals surface area contributed by atoms with E-state index >= 15 is 0 Å². The topological polar surface area (TPSA) is 66.8 Å². The van der Waals surface area contributed by atoms with Crippen molar-refractivity contribution in [1.82, 2.24) is 4.90 Å². The Morgan fingerprint density at radius 3 is 2.30 bits per heavy atom. The number of carbonyl (C=O) groups is 2. The van der Waals surface area contributed by atoms with Gasteiger partial charge in [-0.05, 0) is 85.1 Å². The van der Waals surface area contributed by atoms with E-state index in [-0.39, 0.29) is 10.8 Å². The van der Waals surface area contributed by atoms with Gasteiger partial charge in [0, 0.05) is 27.9 Å². The molecule has 0 saturated carbocycles. The quantitative estimate of drug-likeness (QED) is 0.318. The number of carbonyl (C=O) groups excluding carboxylic acids is 1. The van der Waals surface area contributed by atoms with E-state index in [0.29, 0.717) is 25.8 Å². The maximum atomic E-state index is 12.0. The largest absolute Gasteiger partial charge is 0.497 e. The van der Waals surface area contributed by atoms with E-state index in [1.54, 1.807) is 56.6 Å². The average molecular weight is 515 g/mol. The van der Waals surface area contributed by atoms with Crippen LogP contribution in [0.5, 0.6) is 5.75 Å². The van der Waals surface area contributed by atoms with Gasteiger partial charge < -0.3 is 14.7 Å². The van der Waals surface area contributed by atoms with E-state index in [1.807, 2.05) is 0 Å². The number of nitrogens with zero attached hydrogens (tertiary/aromatic N) is 1. The molecule has 2 aromatic carbocycles. The van der Waals surface area contributed by atoms with Gasteiger partial charge in [0.15, 0.2) is 0 Å². The standard InChI is InChI=1S/C19H17Br2NO4S/c1-22(2)19(25)27-17-15(20)8-11(9-16(17)21)7-14(18(23)24)12-5-4-6-13(10-12)26-3/h4-10H,1-3H3,(H,23,24)/b14-7+. The molecule has 0 aliphatic heterocycles. The summed E-state index contributed by atoms with van der Waals surface area (Å²) in [6, 6.07) is 10.4. The Bertz CT molecular complexity index is 889. The summed E-state index contributed by atoms with van der Waals surface area (Å²) in [5, 5.41) is 9.53. The minimum atomic E-state index is -1.04. The molecule has 2 rings (SSSR count). The van der Waals surface area contributed by atoms with Crippen LogP contribution in [0.3, 0.4) is 0 Å². The molecule has 0 atom stereocenters. The van der Waals surface area contributed by atoms with Crippen molar-refractivity contribution in [3.63, 3.8) is 0 Å². The molecule has 1 amide bonds. The van der Waals surface area contributed by atoms with Gasteiger partial charge in [0.2, 0.25) is 0 Å². The lowest BCUT2D eigenvalue weighted by atomic mass is 10.0. The van der Waals surface area contributed by atoms with Crippen LogP contribution in [0.4, 0.5) is 4.79 Å². The Kier molecular flexibility index (Phi) is 7.52. The number of carboxylic acids is 1. The van der Waals surface area contributed by atoms with E-state index in [9.17, 15) is 14.7 Å². The minimum Gasteiger partial charge on any atom is -0.497 e. The Morgan fingerprint density at radius 2 is 1.78 bits per heavy atom. The highest BCUT2D eigenvalue weighted by Gasteiger charge is 2.16. The number of benzene rings is 2. The number of hydrogen-bond donors (Lipinski definition) is 1. The molecular weight excluding hydrogens is 498 g/mol. The molecule has 0 spiro atoms. The number of rotatable bonds is 5. The maximum absolute atomic E-state index is 12.0. The summed E-state index contributed by atoms with van der Waals surface area (Å²) >= 11 is 8.01. The number of ether oxygens (including phenoxy) is 1. The van der Waals surface area contributed by atoms with Crippen LogP contribution in [0.2, 0.25) is 0 Å². The molecule has 142 valence electrons. The molecule has 0 bridgehead atoms. The Labute approximate surface area is 178 Å². The highest BCUT2D eigenvalue weighted by molar-refractivity contribution is 9.11. The predicted molar refractivity (Wildman–Crippen MR) is 115 cm³/mol.